The molecule has 2 aromatic rings. The standard InChI is InChI=1S/C11H11ClN2O2S/c1-2-6-5-7-10(12)13-8(3-4-9(15)16)14-11(7)17-6/h5H,2-4H2,1H3,(H,15,16). The zero-order valence-electron chi connectivity index (χ0n) is 9.23. The molecule has 0 bridgehead atoms. The van der Waals surface area contributed by atoms with Crippen LogP contribution in [0.1, 0.15) is 24.0 Å². The van der Waals surface area contributed by atoms with Gasteiger partial charge in [-0.05, 0) is 12.5 Å². The third kappa shape index (κ3) is 2.73. The second kappa shape index (κ2) is 4.98. The first kappa shape index (κ1) is 12.3. The molecule has 1 N–H and O–H groups in total. The molecule has 0 fully saturated rings. The predicted octanol–water partition coefficient (Wildman–Crippen LogP) is 2.92. The molecule has 0 aliphatic carbocycles. The Bertz CT molecular complexity index is 568. The first-order valence-electron chi connectivity index (χ1n) is 5.26. The molecule has 0 saturated carbocycles. The van der Waals surface area contributed by atoms with Gasteiger partial charge >= 0.3 is 5.97 Å². The highest BCUT2D eigenvalue weighted by Gasteiger charge is 2.10. The molecule has 0 spiro atoms. The number of hydrogen-bond acceptors (Lipinski definition) is 4. The van der Waals surface area contributed by atoms with Gasteiger partial charge < -0.3 is 5.11 Å². The van der Waals surface area contributed by atoms with E-state index in [-0.39, 0.29) is 6.42 Å². The number of aryl methyl sites for hydroxylation is 2. The van der Waals surface area contributed by atoms with Gasteiger partial charge in [0.15, 0.2) is 0 Å². The van der Waals surface area contributed by atoms with Crippen LogP contribution in [-0.2, 0) is 17.6 Å². The Balaban J connectivity index is 2.36. The number of nitrogens with zero attached hydrogens (tertiary/aromatic N) is 2. The number of aromatic nitrogens is 2. The van der Waals surface area contributed by atoms with E-state index in [4.69, 9.17) is 16.7 Å². The Labute approximate surface area is 107 Å². The van der Waals surface area contributed by atoms with Gasteiger partial charge in [0.25, 0.3) is 0 Å². The summed E-state index contributed by atoms with van der Waals surface area (Å²) in [5, 5.41) is 9.88. The highest BCUT2D eigenvalue weighted by molar-refractivity contribution is 7.18. The Hall–Kier alpha value is -1.20. The highest BCUT2D eigenvalue weighted by atomic mass is 35.5. The fraction of sp³-hybridized carbons (Fsp3) is 0.364. The maximum Gasteiger partial charge on any atom is 0.303 e. The second-order valence-corrected chi connectivity index (χ2v) is 5.08. The van der Waals surface area contributed by atoms with E-state index in [0.717, 1.165) is 16.6 Å². The molecule has 6 heteroatoms. The zero-order chi connectivity index (χ0) is 12.4. The van der Waals surface area contributed by atoms with Crippen LogP contribution < -0.4 is 0 Å². The van der Waals surface area contributed by atoms with Crippen LogP contribution in [0.3, 0.4) is 0 Å². The lowest BCUT2D eigenvalue weighted by molar-refractivity contribution is -0.137. The number of thiophene rings is 1. The molecule has 2 heterocycles. The minimum Gasteiger partial charge on any atom is -0.481 e. The van der Waals surface area contributed by atoms with Gasteiger partial charge in [0.05, 0.1) is 6.42 Å². The van der Waals surface area contributed by atoms with Crippen molar-refractivity contribution in [3.05, 3.63) is 21.9 Å². The van der Waals surface area contributed by atoms with Crippen molar-refractivity contribution in [2.45, 2.75) is 26.2 Å². The fourth-order valence-electron chi connectivity index (χ4n) is 1.48. The minimum atomic E-state index is -0.856. The van der Waals surface area contributed by atoms with E-state index in [9.17, 15) is 4.79 Å². The van der Waals surface area contributed by atoms with Gasteiger partial charge in [0.1, 0.15) is 15.8 Å². The molecule has 0 unspecified atom stereocenters. The van der Waals surface area contributed by atoms with E-state index in [1.54, 1.807) is 11.3 Å². The maximum absolute atomic E-state index is 10.5. The molecule has 2 aromatic heterocycles. The Kier molecular flexibility index (Phi) is 3.59. The number of rotatable bonds is 4. The summed E-state index contributed by atoms with van der Waals surface area (Å²) in [6, 6.07) is 1.99. The molecule has 0 amide bonds. The summed E-state index contributed by atoms with van der Waals surface area (Å²) in [6.45, 7) is 2.07. The fourth-order valence-corrected chi connectivity index (χ4v) is 2.77. The van der Waals surface area contributed by atoms with Crippen LogP contribution in [0.5, 0.6) is 0 Å². The number of carbonyl (C=O) groups is 1. The Morgan fingerprint density at radius 2 is 2.29 bits per heavy atom. The lowest BCUT2D eigenvalue weighted by Crippen LogP contribution is -2.01. The van der Waals surface area contributed by atoms with E-state index in [2.05, 4.69) is 16.9 Å². The van der Waals surface area contributed by atoms with Crippen molar-refractivity contribution in [1.82, 2.24) is 9.97 Å². The number of halogens is 1. The first-order valence-corrected chi connectivity index (χ1v) is 6.46. The van der Waals surface area contributed by atoms with Crippen LogP contribution in [0.15, 0.2) is 6.07 Å². The third-order valence-electron chi connectivity index (χ3n) is 2.35. The van der Waals surface area contributed by atoms with Crippen molar-refractivity contribution in [2.24, 2.45) is 0 Å². The van der Waals surface area contributed by atoms with E-state index < -0.39 is 5.97 Å². The lowest BCUT2D eigenvalue weighted by Gasteiger charge is -1.99. The summed E-state index contributed by atoms with van der Waals surface area (Å²) in [5.74, 6) is -0.361. The van der Waals surface area contributed by atoms with Crippen LogP contribution in [0.4, 0.5) is 0 Å². The minimum absolute atomic E-state index is 0.0217. The van der Waals surface area contributed by atoms with Crippen molar-refractivity contribution >= 4 is 39.1 Å². The number of aliphatic carboxylic acids is 1. The SMILES string of the molecule is CCc1cc2c(Cl)nc(CCC(=O)O)nc2s1. The summed E-state index contributed by atoms with van der Waals surface area (Å²) < 4.78 is 0. The molecule has 0 radical (unpaired) electrons. The van der Waals surface area contributed by atoms with Crippen molar-refractivity contribution in [3.63, 3.8) is 0 Å². The first-order chi connectivity index (χ1) is 8.10. The Morgan fingerprint density at radius 1 is 1.53 bits per heavy atom. The van der Waals surface area contributed by atoms with Gasteiger partial charge in [-0.2, -0.15) is 0 Å². The van der Waals surface area contributed by atoms with Gasteiger partial charge in [0.2, 0.25) is 0 Å². The van der Waals surface area contributed by atoms with Crippen LogP contribution in [0, 0.1) is 0 Å². The molecule has 4 nitrogen and oxygen atoms in total. The highest BCUT2D eigenvalue weighted by Crippen LogP contribution is 2.29. The van der Waals surface area contributed by atoms with Crippen molar-refractivity contribution in [2.75, 3.05) is 0 Å². The van der Waals surface area contributed by atoms with Crippen molar-refractivity contribution in [3.8, 4) is 0 Å². The van der Waals surface area contributed by atoms with Gasteiger partial charge in [-0.25, -0.2) is 9.97 Å². The summed E-state index contributed by atoms with van der Waals surface area (Å²) >= 11 is 7.63. The predicted molar refractivity (Wildman–Crippen MR) is 67.8 cm³/mol. The van der Waals surface area contributed by atoms with E-state index in [0.29, 0.717) is 17.4 Å². The summed E-state index contributed by atoms with van der Waals surface area (Å²) in [4.78, 5) is 21.0. The molecule has 90 valence electrons. The molecule has 0 atom stereocenters. The average molecular weight is 271 g/mol. The largest absolute Gasteiger partial charge is 0.481 e. The molecular weight excluding hydrogens is 260 g/mol. The average Bonchev–Trinajstić information content (AvgIpc) is 2.70. The quantitative estimate of drug-likeness (QED) is 0.868. The molecule has 0 aliphatic rings. The second-order valence-electron chi connectivity index (χ2n) is 3.61. The number of carboxylic acid groups (broad SMARTS) is 1. The third-order valence-corrected chi connectivity index (χ3v) is 3.82. The van der Waals surface area contributed by atoms with Crippen molar-refractivity contribution in [1.29, 1.82) is 0 Å². The maximum atomic E-state index is 10.5. The molecule has 0 aromatic carbocycles. The molecule has 17 heavy (non-hydrogen) atoms. The summed E-state index contributed by atoms with van der Waals surface area (Å²) in [6.07, 6.45) is 1.26. The van der Waals surface area contributed by atoms with E-state index in [1.165, 1.54) is 4.88 Å². The van der Waals surface area contributed by atoms with Gasteiger partial charge in [-0.1, -0.05) is 18.5 Å². The van der Waals surface area contributed by atoms with Crippen LogP contribution in [-0.4, -0.2) is 21.0 Å². The van der Waals surface area contributed by atoms with Crippen LogP contribution in [0.2, 0.25) is 5.15 Å². The van der Waals surface area contributed by atoms with Crippen LogP contribution in [0.25, 0.3) is 10.2 Å². The van der Waals surface area contributed by atoms with Crippen LogP contribution >= 0.6 is 22.9 Å². The molecule has 0 saturated heterocycles. The smallest absolute Gasteiger partial charge is 0.303 e. The zero-order valence-corrected chi connectivity index (χ0v) is 10.8. The van der Waals surface area contributed by atoms with E-state index >= 15 is 0 Å². The number of fused-ring (bicyclic) bond motifs is 1. The topological polar surface area (TPSA) is 63.1 Å². The number of carboxylic acids is 1. The van der Waals surface area contributed by atoms with E-state index in [1.807, 2.05) is 6.07 Å². The van der Waals surface area contributed by atoms with Gasteiger partial charge in [-0.3, -0.25) is 4.79 Å². The molecular formula is C11H11ClN2O2S. The van der Waals surface area contributed by atoms with Gasteiger partial charge in [-0.15, -0.1) is 11.3 Å². The number of hydrogen-bond donors (Lipinski definition) is 1. The molecule has 0 aliphatic heterocycles. The monoisotopic (exact) mass is 270 g/mol. The Morgan fingerprint density at radius 3 is 2.94 bits per heavy atom. The van der Waals surface area contributed by atoms with Crippen molar-refractivity contribution < 1.29 is 9.90 Å². The normalized spacial score (nSPS) is 10.9. The summed E-state index contributed by atoms with van der Waals surface area (Å²) in [7, 11) is 0. The lowest BCUT2D eigenvalue weighted by atomic mass is 10.3. The van der Waals surface area contributed by atoms with Gasteiger partial charge in [0, 0.05) is 16.7 Å². The molecule has 2 rings (SSSR count). The summed E-state index contributed by atoms with van der Waals surface area (Å²) in [5.41, 5.74) is 0.